The molecule has 2 rings (SSSR count). The van der Waals surface area contributed by atoms with Crippen molar-refractivity contribution in [3.63, 3.8) is 0 Å². The molecule has 0 bridgehead atoms. The van der Waals surface area contributed by atoms with Gasteiger partial charge in [-0.2, -0.15) is 0 Å². The number of halogens is 1. The Morgan fingerprint density at radius 3 is 2.94 bits per heavy atom. The van der Waals surface area contributed by atoms with E-state index in [0.717, 1.165) is 10.2 Å². The predicted octanol–water partition coefficient (Wildman–Crippen LogP) is 2.30. The van der Waals surface area contributed by atoms with E-state index in [-0.39, 0.29) is 11.9 Å². The van der Waals surface area contributed by atoms with Gasteiger partial charge in [0.1, 0.15) is 0 Å². The molecule has 0 aromatic carbocycles. The number of nitrogens with two attached hydrogens (primary N) is 1. The lowest BCUT2D eigenvalue weighted by Crippen LogP contribution is -2.33. The molecule has 1 atom stereocenters. The van der Waals surface area contributed by atoms with E-state index in [2.05, 4.69) is 27.3 Å². The maximum atomic E-state index is 11.6. The largest absolute Gasteiger partial charge is 0.356 e. The van der Waals surface area contributed by atoms with Gasteiger partial charge in [0.25, 0.3) is 0 Å². The zero-order valence-corrected chi connectivity index (χ0v) is 12.0. The monoisotopic (exact) mass is 316 g/mol. The number of nitrogens with one attached hydrogen (secondary N) is 1. The van der Waals surface area contributed by atoms with Crippen LogP contribution in [0.5, 0.6) is 0 Å². The van der Waals surface area contributed by atoms with E-state index in [0.29, 0.717) is 18.9 Å². The van der Waals surface area contributed by atoms with Gasteiger partial charge in [-0.05, 0) is 53.2 Å². The Balaban J connectivity index is 1.62. The highest BCUT2D eigenvalue weighted by Crippen LogP contribution is 2.32. The quantitative estimate of drug-likeness (QED) is 0.846. The Labute approximate surface area is 114 Å². The van der Waals surface area contributed by atoms with Crippen molar-refractivity contribution in [2.75, 3.05) is 6.54 Å². The van der Waals surface area contributed by atoms with Gasteiger partial charge in [0.05, 0.1) is 3.79 Å². The minimum atomic E-state index is 0.0610. The Bertz CT molecular complexity index is 390. The van der Waals surface area contributed by atoms with Gasteiger partial charge in [-0.15, -0.1) is 11.3 Å². The highest BCUT2D eigenvalue weighted by molar-refractivity contribution is 9.11. The second-order valence-corrected chi connectivity index (χ2v) is 7.06. The third-order valence-corrected chi connectivity index (χ3v) is 4.65. The molecule has 1 unspecified atom stereocenters. The summed E-state index contributed by atoms with van der Waals surface area (Å²) < 4.78 is 1.13. The van der Waals surface area contributed by atoms with Gasteiger partial charge < -0.3 is 11.1 Å². The van der Waals surface area contributed by atoms with E-state index in [1.54, 1.807) is 11.3 Å². The molecule has 1 saturated carbocycles. The van der Waals surface area contributed by atoms with Gasteiger partial charge in [0, 0.05) is 23.9 Å². The molecule has 94 valence electrons. The lowest BCUT2D eigenvalue weighted by molar-refractivity contribution is -0.121. The van der Waals surface area contributed by atoms with Crippen LogP contribution in [0.3, 0.4) is 0 Å². The first kappa shape index (κ1) is 13.1. The number of carbonyl (C=O) groups excluding carboxylic acids is 1. The van der Waals surface area contributed by atoms with Crippen LogP contribution in [0.15, 0.2) is 15.9 Å². The van der Waals surface area contributed by atoms with Crippen LogP contribution in [0.4, 0.5) is 0 Å². The molecule has 3 nitrogen and oxygen atoms in total. The van der Waals surface area contributed by atoms with E-state index in [4.69, 9.17) is 5.73 Å². The number of carbonyl (C=O) groups is 1. The van der Waals surface area contributed by atoms with Crippen LogP contribution in [0.2, 0.25) is 0 Å². The lowest BCUT2D eigenvalue weighted by Gasteiger charge is -2.09. The highest BCUT2D eigenvalue weighted by Gasteiger charge is 2.29. The second kappa shape index (κ2) is 5.98. The molecule has 5 heteroatoms. The van der Waals surface area contributed by atoms with Crippen LogP contribution in [0.1, 0.15) is 24.1 Å². The molecule has 1 aliphatic rings. The van der Waals surface area contributed by atoms with Gasteiger partial charge in [-0.1, -0.05) is 0 Å². The highest BCUT2D eigenvalue weighted by atomic mass is 79.9. The lowest BCUT2D eigenvalue weighted by atomic mass is 10.1. The van der Waals surface area contributed by atoms with E-state index < -0.39 is 0 Å². The summed E-state index contributed by atoms with van der Waals surface area (Å²) in [6, 6.07) is 4.17. The van der Waals surface area contributed by atoms with Crippen LogP contribution < -0.4 is 11.1 Å². The zero-order valence-electron chi connectivity index (χ0n) is 9.62. The molecule has 1 fully saturated rings. The van der Waals surface area contributed by atoms with Crippen molar-refractivity contribution in [1.29, 1.82) is 0 Å². The zero-order chi connectivity index (χ0) is 12.3. The summed E-state index contributed by atoms with van der Waals surface area (Å²) in [4.78, 5) is 12.9. The topological polar surface area (TPSA) is 55.1 Å². The minimum absolute atomic E-state index is 0.0610. The van der Waals surface area contributed by atoms with Crippen molar-refractivity contribution >= 4 is 33.2 Å². The van der Waals surface area contributed by atoms with Gasteiger partial charge >= 0.3 is 0 Å². The van der Waals surface area contributed by atoms with Crippen LogP contribution in [-0.2, 0) is 11.2 Å². The maximum Gasteiger partial charge on any atom is 0.221 e. The fourth-order valence-electron chi connectivity index (χ4n) is 1.79. The molecular weight excluding hydrogens is 300 g/mol. The summed E-state index contributed by atoms with van der Waals surface area (Å²) in [6.45, 7) is 0.698. The molecule has 1 aromatic rings. The molecule has 0 spiro atoms. The van der Waals surface area contributed by atoms with Crippen LogP contribution in [0.25, 0.3) is 0 Å². The molecule has 1 aromatic heterocycles. The van der Waals surface area contributed by atoms with Crippen molar-refractivity contribution < 1.29 is 4.79 Å². The summed E-state index contributed by atoms with van der Waals surface area (Å²) in [5.74, 6) is 0.675. The fraction of sp³-hybridized carbons (Fsp3) is 0.583. The molecule has 3 N–H and O–H groups in total. The Morgan fingerprint density at radius 2 is 2.35 bits per heavy atom. The number of rotatable bonds is 6. The van der Waals surface area contributed by atoms with Crippen LogP contribution in [0, 0.1) is 5.92 Å². The Hall–Kier alpha value is -0.390. The van der Waals surface area contributed by atoms with Crippen molar-refractivity contribution in [1.82, 2.24) is 5.32 Å². The summed E-state index contributed by atoms with van der Waals surface area (Å²) in [5, 5.41) is 2.93. The third-order valence-electron chi connectivity index (χ3n) is 2.97. The minimum Gasteiger partial charge on any atom is -0.356 e. The van der Waals surface area contributed by atoms with E-state index in [9.17, 15) is 4.79 Å². The smallest absolute Gasteiger partial charge is 0.221 e. The van der Waals surface area contributed by atoms with Gasteiger partial charge in [-0.25, -0.2) is 0 Å². The van der Waals surface area contributed by atoms with Crippen molar-refractivity contribution in [3.05, 3.63) is 20.8 Å². The summed E-state index contributed by atoms with van der Waals surface area (Å²) >= 11 is 5.13. The first-order chi connectivity index (χ1) is 8.15. The maximum absolute atomic E-state index is 11.6. The molecule has 0 saturated heterocycles. The van der Waals surface area contributed by atoms with Crippen LogP contribution in [-0.4, -0.2) is 18.5 Å². The first-order valence-corrected chi connectivity index (χ1v) is 7.52. The van der Waals surface area contributed by atoms with Crippen molar-refractivity contribution in [3.8, 4) is 0 Å². The normalized spacial score (nSPS) is 16.8. The van der Waals surface area contributed by atoms with Gasteiger partial charge in [0.15, 0.2) is 0 Å². The van der Waals surface area contributed by atoms with Gasteiger partial charge in [0.2, 0.25) is 5.91 Å². The standard InChI is InChI=1S/C12H17BrN2OS/c13-11-4-3-9(17-11)5-6-15-12(16)7-10(14)8-1-2-8/h3-4,8,10H,1-2,5-7,14H2,(H,15,16). The molecule has 0 aliphatic heterocycles. The SMILES string of the molecule is NC(CC(=O)NCCc1ccc(Br)s1)C1CC1. The fourth-order valence-corrected chi connectivity index (χ4v) is 3.27. The van der Waals surface area contributed by atoms with Crippen molar-refractivity contribution in [2.24, 2.45) is 11.7 Å². The van der Waals surface area contributed by atoms with Gasteiger partial charge in [-0.3, -0.25) is 4.79 Å². The average molecular weight is 317 g/mol. The third kappa shape index (κ3) is 4.41. The summed E-state index contributed by atoms with van der Waals surface area (Å²) in [7, 11) is 0. The first-order valence-electron chi connectivity index (χ1n) is 5.91. The van der Waals surface area contributed by atoms with E-state index in [1.165, 1.54) is 17.7 Å². The van der Waals surface area contributed by atoms with E-state index in [1.807, 2.05) is 6.07 Å². The molecule has 1 heterocycles. The number of hydrogen-bond acceptors (Lipinski definition) is 3. The molecular formula is C12H17BrN2OS. The Morgan fingerprint density at radius 1 is 1.59 bits per heavy atom. The Kier molecular flexibility index (Phi) is 4.59. The predicted molar refractivity (Wildman–Crippen MR) is 74.0 cm³/mol. The second-order valence-electron chi connectivity index (χ2n) is 4.51. The molecule has 1 aliphatic carbocycles. The van der Waals surface area contributed by atoms with E-state index >= 15 is 0 Å². The molecule has 1 amide bonds. The van der Waals surface area contributed by atoms with Crippen molar-refractivity contribution in [2.45, 2.75) is 31.7 Å². The number of thiophene rings is 1. The molecule has 17 heavy (non-hydrogen) atoms. The summed E-state index contributed by atoms with van der Waals surface area (Å²) in [6.07, 6.45) is 3.74. The van der Waals surface area contributed by atoms with Crippen LogP contribution >= 0.6 is 27.3 Å². The molecule has 0 radical (unpaired) electrons. The summed E-state index contributed by atoms with van der Waals surface area (Å²) in [5.41, 5.74) is 5.90. The number of amides is 1. The average Bonchev–Trinajstić information content (AvgIpc) is 3.04. The number of hydrogen-bond donors (Lipinski definition) is 2.